The van der Waals surface area contributed by atoms with Crippen LogP contribution in [-0.4, -0.2) is 16.3 Å². The molecule has 2 aromatic rings. The topological polar surface area (TPSA) is 91.2 Å². The van der Waals surface area contributed by atoms with Crippen LogP contribution >= 0.6 is 0 Å². The Kier molecular flexibility index (Phi) is 3.22. The Hall–Kier alpha value is -2.44. The number of rotatable bonds is 3. The molecule has 1 heterocycles. The largest absolute Gasteiger partial charge is 0.455 e. The Morgan fingerprint density at radius 1 is 1.50 bits per heavy atom. The number of anilines is 1. The van der Waals surface area contributed by atoms with E-state index in [4.69, 9.17) is 10.5 Å². The first-order chi connectivity index (χ1) is 8.58. The van der Waals surface area contributed by atoms with Gasteiger partial charge in [-0.15, -0.1) is 0 Å². The summed E-state index contributed by atoms with van der Waals surface area (Å²) in [5.74, 6) is -1.51. The Morgan fingerprint density at radius 2 is 2.28 bits per heavy atom. The molecule has 0 amide bonds. The summed E-state index contributed by atoms with van der Waals surface area (Å²) >= 11 is 0. The van der Waals surface area contributed by atoms with E-state index in [0.717, 1.165) is 6.07 Å². The Bertz CT molecular complexity index is 583. The number of nitrogens with two attached hydrogens (primary N) is 1. The fraction of sp³-hybridized carbons (Fsp3) is 0.182. The molecule has 0 atom stereocenters. The lowest BCUT2D eigenvalue weighted by atomic mass is 10.2. The summed E-state index contributed by atoms with van der Waals surface area (Å²) in [6.45, 7) is 1.52. The number of ether oxygens (including phenoxy) is 1. The van der Waals surface area contributed by atoms with Crippen LogP contribution in [0.25, 0.3) is 0 Å². The monoisotopic (exact) mass is 251 g/mol. The molecule has 94 valence electrons. The number of nitrogens with zero attached hydrogens (tertiary/aromatic N) is 2. The Balaban J connectivity index is 2.08. The van der Waals surface area contributed by atoms with E-state index in [-0.39, 0.29) is 17.9 Å². The molecule has 6 nitrogen and oxygen atoms in total. The molecule has 1 aromatic carbocycles. The van der Waals surface area contributed by atoms with Gasteiger partial charge in [0, 0.05) is 5.69 Å². The van der Waals surface area contributed by atoms with Gasteiger partial charge in [-0.2, -0.15) is 0 Å². The molecule has 0 bridgehead atoms. The summed E-state index contributed by atoms with van der Waals surface area (Å²) in [5, 5.41) is 7.07. The molecule has 0 unspecified atom stereocenters. The van der Waals surface area contributed by atoms with Gasteiger partial charge in [-0.05, 0) is 25.1 Å². The molecular formula is C11H10FN3O3. The van der Waals surface area contributed by atoms with Gasteiger partial charge in [0.05, 0.1) is 5.56 Å². The van der Waals surface area contributed by atoms with Crippen molar-refractivity contribution in [1.29, 1.82) is 0 Å². The highest BCUT2D eigenvalue weighted by atomic mass is 19.1. The fourth-order valence-corrected chi connectivity index (χ4v) is 1.29. The molecule has 18 heavy (non-hydrogen) atoms. The van der Waals surface area contributed by atoms with Crippen LogP contribution in [0, 0.1) is 12.7 Å². The number of aryl methyl sites for hydroxylation is 1. The highest BCUT2D eigenvalue weighted by Crippen LogP contribution is 2.14. The smallest absolute Gasteiger partial charge is 0.341 e. The van der Waals surface area contributed by atoms with E-state index in [0.29, 0.717) is 11.4 Å². The summed E-state index contributed by atoms with van der Waals surface area (Å²) in [6, 6.07) is 3.68. The van der Waals surface area contributed by atoms with Crippen molar-refractivity contribution in [2.45, 2.75) is 13.5 Å². The van der Waals surface area contributed by atoms with Gasteiger partial charge in [-0.25, -0.2) is 13.8 Å². The van der Waals surface area contributed by atoms with Gasteiger partial charge >= 0.3 is 5.97 Å². The van der Waals surface area contributed by atoms with Gasteiger partial charge in [0.1, 0.15) is 23.8 Å². The number of benzene rings is 1. The molecule has 0 aliphatic rings. The van der Waals surface area contributed by atoms with E-state index in [2.05, 4.69) is 14.9 Å². The maximum Gasteiger partial charge on any atom is 0.341 e. The van der Waals surface area contributed by atoms with Crippen molar-refractivity contribution in [3.05, 3.63) is 41.0 Å². The van der Waals surface area contributed by atoms with Crippen LogP contribution in [0.5, 0.6) is 0 Å². The maximum atomic E-state index is 13.4. The molecule has 2 N–H and O–H groups in total. The molecule has 0 saturated heterocycles. The van der Waals surface area contributed by atoms with Gasteiger partial charge in [0.2, 0.25) is 0 Å². The standard InChI is InChI=1S/C11H10FN3O3/c1-6-10(15-18-14-6)5-17-11(16)8-4-7(13)2-3-9(8)12/h2-4H,5,13H2,1H3. The zero-order valence-electron chi connectivity index (χ0n) is 9.51. The maximum absolute atomic E-state index is 13.4. The minimum atomic E-state index is -0.817. The molecule has 0 radical (unpaired) electrons. The lowest BCUT2D eigenvalue weighted by molar-refractivity contribution is 0.0458. The molecule has 0 fully saturated rings. The minimum absolute atomic E-state index is 0.137. The summed E-state index contributed by atoms with van der Waals surface area (Å²) in [5.41, 5.74) is 6.42. The summed E-state index contributed by atoms with van der Waals surface area (Å²) in [7, 11) is 0. The average molecular weight is 251 g/mol. The number of hydrogen-bond donors (Lipinski definition) is 1. The minimum Gasteiger partial charge on any atom is -0.455 e. The number of hydrogen-bond acceptors (Lipinski definition) is 6. The van der Waals surface area contributed by atoms with Crippen molar-refractivity contribution >= 4 is 11.7 Å². The second-order valence-electron chi connectivity index (χ2n) is 3.61. The van der Waals surface area contributed by atoms with Crippen LogP contribution < -0.4 is 5.73 Å². The molecule has 2 rings (SSSR count). The molecule has 7 heteroatoms. The molecule has 1 aromatic heterocycles. The molecule has 0 saturated carbocycles. The second kappa shape index (κ2) is 4.82. The summed E-state index contributed by atoms with van der Waals surface area (Å²) in [4.78, 5) is 11.6. The number of carbonyl (C=O) groups is 1. The van der Waals surface area contributed by atoms with Gasteiger partial charge < -0.3 is 10.5 Å². The van der Waals surface area contributed by atoms with Crippen molar-refractivity contribution in [2.24, 2.45) is 0 Å². The zero-order valence-corrected chi connectivity index (χ0v) is 9.51. The van der Waals surface area contributed by atoms with E-state index in [1.54, 1.807) is 6.92 Å². The van der Waals surface area contributed by atoms with Crippen LogP contribution in [0.4, 0.5) is 10.1 Å². The van der Waals surface area contributed by atoms with E-state index in [9.17, 15) is 9.18 Å². The average Bonchev–Trinajstić information content (AvgIpc) is 2.75. The predicted octanol–water partition coefficient (Wildman–Crippen LogP) is 1.46. The highest BCUT2D eigenvalue weighted by Gasteiger charge is 2.15. The third kappa shape index (κ3) is 2.45. The molecule has 0 aliphatic heterocycles. The van der Waals surface area contributed by atoms with Crippen molar-refractivity contribution < 1.29 is 18.6 Å². The van der Waals surface area contributed by atoms with Crippen molar-refractivity contribution in [3.63, 3.8) is 0 Å². The highest BCUT2D eigenvalue weighted by molar-refractivity contribution is 5.90. The van der Waals surface area contributed by atoms with Gasteiger partial charge in [0.15, 0.2) is 0 Å². The Morgan fingerprint density at radius 3 is 2.94 bits per heavy atom. The van der Waals surface area contributed by atoms with Gasteiger partial charge in [0.25, 0.3) is 0 Å². The first-order valence-electron chi connectivity index (χ1n) is 5.08. The number of esters is 1. The van der Waals surface area contributed by atoms with Gasteiger partial charge in [-0.3, -0.25) is 0 Å². The third-order valence-corrected chi connectivity index (χ3v) is 2.30. The van der Waals surface area contributed by atoms with Crippen molar-refractivity contribution in [2.75, 3.05) is 5.73 Å². The third-order valence-electron chi connectivity index (χ3n) is 2.30. The Labute approximate surface area is 102 Å². The molecule has 0 spiro atoms. The first kappa shape index (κ1) is 12.0. The normalized spacial score (nSPS) is 10.3. The lowest BCUT2D eigenvalue weighted by Gasteiger charge is -2.04. The number of halogens is 1. The van der Waals surface area contributed by atoms with E-state index in [1.165, 1.54) is 12.1 Å². The molecule has 0 aliphatic carbocycles. The number of aromatic nitrogens is 2. The summed E-state index contributed by atoms with van der Waals surface area (Å²) < 4.78 is 22.7. The zero-order chi connectivity index (χ0) is 13.1. The number of nitrogen functional groups attached to an aromatic ring is 1. The SMILES string of the molecule is Cc1nonc1COC(=O)c1cc(N)ccc1F. The van der Waals surface area contributed by atoms with E-state index >= 15 is 0 Å². The van der Waals surface area contributed by atoms with Crippen molar-refractivity contribution in [1.82, 2.24) is 10.3 Å². The van der Waals surface area contributed by atoms with Crippen LogP contribution in [0.1, 0.15) is 21.7 Å². The van der Waals surface area contributed by atoms with E-state index in [1.807, 2.05) is 0 Å². The quantitative estimate of drug-likeness (QED) is 0.655. The number of carbonyl (C=O) groups excluding carboxylic acids is 1. The second-order valence-corrected chi connectivity index (χ2v) is 3.61. The van der Waals surface area contributed by atoms with Crippen LogP contribution in [0.2, 0.25) is 0 Å². The predicted molar refractivity (Wildman–Crippen MR) is 59.0 cm³/mol. The fourth-order valence-electron chi connectivity index (χ4n) is 1.29. The van der Waals surface area contributed by atoms with Crippen LogP contribution in [0.3, 0.4) is 0 Å². The van der Waals surface area contributed by atoms with Crippen molar-refractivity contribution in [3.8, 4) is 0 Å². The van der Waals surface area contributed by atoms with Gasteiger partial charge in [-0.1, -0.05) is 10.3 Å². The van der Waals surface area contributed by atoms with Crippen LogP contribution in [0.15, 0.2) is 22.8 Å². The summed E-state index contributed by atoms with van der Waals surface area (Å²) in [6.07, 6.45) is 0. The lowest BCUT2D eigenvalue weighted by Crippen LogP contribution is -2.09. The van der Waals surface area contributed by atoms with Crippen LogP contribution in [-0.2, 0) is 11.3 Å². The van der Waals surface area contributed by atoms with E-state index < -0.39 is 11.8 Å². The first-order valence-corrected chi connectivity index (χ1v) is 5.08. The molecular weight excluding hydrogens is 241 g/mol.